The molecule has 1 fully saturated rings. The Balaban J connectivity index is 1.54. The quantitative estimate of drug-likeness (QED) is 0.145. The number of fused-ring (bicyclic) bond motifs is 1. The van der Waals surface area contributed by atoms with E-state index < -0.39 is 53.6 Å². The van der Waals surface area contributed by atoms with Crippen LogP contribution in [-0.2, 0) is 14.3 Å². The fourth-order valence-corrected chi connectivity index (χ4v) is 4.44. The number of aliphatic hydroxyl groups is 2. The summed E-state index contributed by atoms with van der Waals surface area (Å²) in [6.07, 6.45) is -5.03. The number of aromatic hydroxyl groups is 4. The molecule has 12 heteroatoms. The van der Waals surface area contributed by atoms with E-state index in [0.29, 0.717) is 5.56 Å². The van der Waals surface area contributed by atoms with Crippen LogP contribution >= 0.6 is 0 Å². The third-order valence-corrected chi connectivity index (χ3v) is 6.62. The smallest absolute Gasteiger partial charge is 0.331 e. The maximum Gasteiger partial charge on any atom is 0.331 e. The summed E-state index contributed by atoms with van der Waals surface area (Å²) in [4.78, 5) is 26.4. The monoisotopic (exact) mass is 578 g/mol. The zero-order valence-electron chi connectivity index (χ0n) is 21.9. The molecule has 0 aliphatic carbocycles. The second kappa shape index (κ2) is 11.4. The van der Waals surface area contributed by atoms with Crippen LogP contribution in [0.3, 0.4) is 0 Å². The van der Waals surface area contributed by atoms with Crippen LogP contribution in [-0.4, -0.2) is 67.3 Å². The third kappa shape index (κ3) is 5.72. The first-order valence-corrected chi connectivity index (χ1v) is 12.7. The lowest BCUT2D eigenvalue weighted by atomic mass is 9.99. The van der Waals surface area contributed by atoms with Crippen molar-refractivity contribution in [3.63, 3.8) is 0 Å². The molecule has 12 nitrogen and oxygen atoms in total. The Morgan fingerprint density at radius 2 is 1.52 bits per heavy atom. The molecule has 3 aromatic carbocycles. The van der Waals surface area contributed by atoms with Crippen LogP contribution in [0, 0.1) is 0 Å². The number of benzene rings is 3. The largest absolute Gasteiger partial charge is 0.508 e. The SMILES string of the molecule is C[C@@H]1O[C@@H](Oc2c(-c3ccc(O)cc3)oc3cc(O)cc(O)c3c2=O)[C@@H](OC(=O)/C=C\c2ccc(O)cc2)[C@H](O)[C@H]1O. The van der Waals surface area contributed by atoms with Gasteiger partial charge in [-0.15, -0.1) is 0 Å². The highest BCUT2D eigenvalue weighted by molar-refractivity contribution is 5.88. The number of phenols is 4. The highest BCUT2D eigenvalue weighted by Gasteiger charge is 2.47. The van der Waals surface area contributed by atoms with Gasteiger partial charge in [0, 0.05) is 23.8 Å². The Labute approximate surface area is 237 Å². The second-order valence-electron chi connectivity index (χ2n) is 9.61. The maximum atomic E-state index is 13.7. The van der Waals surface area contributed by atoms with Gasteiger partial charge in [-0.25, -0.2) is 4.79 Å². The van der Waals surface area contributed by atoms with Crippen molar-refractivity contribution >= 4 is 23.0 Å². The Morgan fingerprint density at radius 1 is 0.881 bits per heavy atom. The fourth-order valence-electron chi connectivity index (χ4n) is 4.44. The van der Waals surface area contributed by atoms with Gasteiger partial charge in [-0.3, -0.25) is 4.79 Å². The van der Waals surface area contributed by atoms with Crippen molar-refractivity contribution in [2.24, 2.45) is 0 Å². The molecule has 0 saturated carbocycles. The van der Waals surface area contributed by atoms with E-state index >= 15 is 0 Å². The van der Waals surface area contributed by atoms with E-state index in [1.54, 1.807) is 12.1 Å². The van der Waals surface area contributed by atoms with Crippen LogP contribution in [0.25, 0.3) is 28.4 Å². The van der Waals surface area contributed by atoms with Crippen molar-refractivity contribution in [1.82, 2.24) is 0 Å². The molecule has 0 spiro atoms. The molecule has 4 aromatic rings. The van der Waals surface area contributed by atoms with Gasteiger partial charge in [0.2, 0.25) is 17.5 Å². The van der Waals surface area contributed by atoms with Crippen LogP contribution in [0.5, 0.6) is 28.7 Å². The van der Waals surface area contributed by atoms with Crippen molar-refractivity contribution in [2.75, 3.05) is 0 Å². The van der Waals surface area contributed by atoms with Crippen molar-refractivity contribution < 1.29 is 54.1 Å². The summed E-state index contributed by atoms with van der Waals surface area (Å²) in [5.41, 5.74) is -0.251. The van der Waals surface area contributed by atoms with E-state index in [-0.39, 0.29) is 39.5 Å². The topological polar surface area (TPSA) is 196 Å². The van der Waals surface area contributed by atoms with Crippen LogP contribution in [0.4, 0.5) is 0 Å². The Hall–Kier alpha value is -5.04. The molecule has 0 radical (unpaired) electrons. The first kappa shape index (κ1) is 28.5. The molecular weight excluding hydrogens is 552 g/mol. The number of ether oxygens (including phenoxy) is 3. The summed E-state index contributed by atoms with van der Waals surface area (Å²) in [5.74, 6) is -2.64. The minimum absolute atomic E-state index is 0.0373. The molecular formula is C30H26O12. The van der Waals surface area contributed by atoms with Gasteiger partial charge in [0.05, 0.1) is 6.10 Å². The zero-order chi connectivity index (χ0) is 30.1. The van der Waals surface area contributed by atoms with Gasteiger partial charge < -0.3 is 49.3 Å². The average Bonchev–Trinajstić information content (AvgIpc) is 2.95. The molecule has 2 heterocycles. The van der Waals surface area contributed by atoms with Crippen molar-refractivity contribution in [3.05, 3.63) is 82.5 Å². The molecule has 218 valence electrons. The Kier molecular flexibility index (Phi) is 7.77. The number of carbonyl (C=O) groups is 1. The first-order chi connectivity index (χ1) is 20.0. The number of carbonyl (C=O) groups excluding carboxylic acids is 1. The lowest BCUT2D eigenvalue weighted by Gasteiger charge is -2.40. The molecule has 0 unspecified atom stereocenters. The van der Waals surface area contributed by atoms with Crippen molar-refractivity contribution in [1.29, 1.82) is 0 Å². The number of esters is 1. The van der Waals surface area contributed by atoms with Crippen molar-refractivity contribution in [3.8, 4) is 40.1 Å². The Bertz CT molecular complexity index is 1690. The molecule has 0 bridgehead atoms. The molecule has 5 rings (SSSR count). The zero-order valence-corrected chi connectivity index (χ0v) is 21.9. The first-order valence-electron chi connectivity index (χ1n) is 12.7. The van der Waals surface area contributed by atoms with Crippen LogP contribution in [0.2, 0.25) is 0 Å². The third-order valence-electron chi connectivity index (χ3n) is 6.62. The van der Waals surface area contributed by atoms with Crippen molar-refractivity contribution in [2.45, 2.75) is 37.6 Å². The van der Waals surface area contributed by atoms with Gasteiger partial charge in [0.15, 0.2) is 11.9 Å². The van der Waals surface area contributed by atoms with Crippen LogP contribution < -0.4 is 10.2 Å². The second-order valence-corrected chi connectivity index (χ2v) is 9.61. The molecule has 1 aromatic heterocycles. The normalized spacial score (nSPS) is 22.3. The number of rotatable bonds is 6. The summed E-state index contributed by atoms with van der Waals surface area (Å²) in [5, 5.41) is 60.4. The van der Waals surface area contributed by atoms with E-state index in [1.807, 2.05) is 0 Å². The predicted octanol–water partition coefficient (Wildman–Crippen LogP) is 2.75. The molecule has 1 aliphatic rings. The van der Waals surface area contributed by atoms with Gasteiger partial charge in [-0.2, -0.15) is 0 Å². The lowest BCUT2D eigenvalue weighted by Crippen LogP contribution is -2.59. The molecule has 5 atom stereocenters. The average molecular weight is 579 g/mol. The number of aliphatic hydroxyl groups excluding tert-OH is 2. The standard InChI is InChI=1S/C30H26O12/c1-14-24(36)26(38)29(41-22(35)11-4-15-2-7-17(31)8-3-15)30(39-14)42-28-25(37)23-20(34)12-19(33)13-21(23)40-27(28)16-5-9-18(32)10-6-16/h2-14,24,26,29-34,36,38H,1H3/b11-4-/t14-,24-,26+,29-,30-/m0/s1. The molecule has 1 aliphatic heterocycles. The molecule has 6 N–H and O–H groups in total. The van der Waals surface area contributed by atoms with Gasteiger partial charge in [-0.05, 0) is 55.0 Å². The maximum absolute atomic E-state index is 13.7. The highest BCUT2D eigenvalue weighted by atomic mass is 16.7. The number of hydrogen-bond acceptors (Lipinski definition) is 12. The summed E-state index contributed by atoms with van der Waals surface area (Å²) < 4.78 is 22.9. The summed E-state index contributed by atoms with van der Waals surface area (Å²) in [6.45, 7) is 1.44. The molecule has 0 amide bonds. The van der Waals surface area contributed by atoms with E-state index in [0.717, 1.165) is 18.2 Å². The van der Waals surface area contributed by atoms with E-state index in [4.69, 9.17) is 18.6 Å². The highest BCUT2D eigenvalue weighted by Crippen LogP contribution is 2.37. The number of phenolic OH excluding ortho intramolecular Hbond substituents is 4. The van der Waals surface area contributed by atoms with E-state index in [1.165, 1.54) is 49.4 Å². The summed E-state index contributed by atoms with van der Waals surface area (Å²) in [6, 6.07) is 13.5. The minimum atomic E-state index is -1.69. The van der Waals surface area contributed by atoms with E-state index in [2.05, 4.69) is 0 Å². The summed E-state index contributed by atoms with van der Waals surface area (Å²) in [7, 11) is 0. The Morgan fingerprint density at radius 3 is 2.19 bits per heavy atom. The number of hydrogen-bond donors (Lipinski definition) is 6. The lowest BCUT2D eigenvalue weighted by molar-refractivity contribution is -0.272. The predicted molar refractivity (Wildman–Crippen MR) is 147 cm³/mol. The van der Waals surface area contributed by atoms with Gasteiger partial charge in [0.25, 0.3) is 0 Å². The fraction of sp³-hybridized carbons (Fsp3) is 0.200. The summed E-state index contributed by atoms with van der Waals surface area (Å²) >= 11 is 0. The van der Waals surface area contributed by atoms with E-state index in [9.17, 15) is 40.2 Å². The van der Waals surface area contributed by atoms with Gasteiger partial charge in [0.1, 0.15) is 46.2 Å². The minimum Gasteiger partial charge on any atom is -0.508 e. The van der Waals surface area contributed by atoms with Crippen LogP contribution in [0.15, 0.2) is 76.0 Å². The molecule has 1 saturated heterocycles. The van der Waals surface area contributed by atoms with Gasteiger partial charge >= 0.3 is 5.97 Å². The molecule has 42 heavy (non-hydrogen) atoms. The van der Waals surface area contributed by atoms with Crippen LogP contribution in [0.1, 0.15) is 12.5 Å². The van der Waals surface area contributed by atoms with Gasteiger partial charge in [-0.1, -0.05) is 12.1 Å².